The Hall–Kier alpha value is -4.44. The normalized spacial score (nSPS) is 17.0. The van der Waals surface area contributed by atoms with E-state index in [1.165, 1.54) is 6.08 Å². The van der Waals surface area contributed by atoms with Gasteiger partial charge in [0.05, 0.1) is 12.0 Å². The van der Waals surface area contributed by atoms with Gasteiger partial charge in [0.15, 0.2) is 5.78 Å². The standard InChI is InChI=1S/C33H29NO3/c1-23-9-8-13-27(21-23)31(35)20-19-29-32(34(33(29)36)30-14-7-6-10-24(30)2)26-15-17-28(18-16-26)37-22-25-11-4-3-5-12-25/h3-21,29,32H,22H2,1-2H3/b20-19+/t29-,32-/m1/s1. The van der Waals surface area contributed by atoms with Crippen LogP contribution in [-0.2, 0) is 11.4 Å². The molecule has 4 aromatic carbocycles. The van der Waals surface area contributed by atoms with E-state index in [1.807, 2.05) is 116 Å². The number of nitrogens with zero attached hydrogens (tertiary/aromatic N) is 1. The summed E-state index contributed by atoms with van der Waals surface area (Å²) < 4.78 is 5.96. The number of ether oxygens (including phenoxy) is 1. The summed E-state index contributed by atoms with van der Waals surface area (Å²) in [7, 11) is 0. The lowest BCUT2D eigenvalue weighted by Crippen LogP contribution is -2.54. The first-order valence-corrected chi connectivity index (χ1v) is 12.5. The Labute approximate surface area is 217 Å². The van der Waals surface area contributed by atoms with Crippen molar-refractivity contribution in [1.82, 2.24) is 0 Å². The molecule has 37 heavy (non-hydrogen) atoms. The minimum Gasteiger partial charge on any atom is -0.489 e. The molecule has 1 fully saturated rings. The van der Waals surface area contributed by atoms with Crippen LogP contribution in [0.15, 0.2) is 115 Å². The molecule has 0 spiro atoms. The van der Waals surface area contributed by atoms with Gasteiger partial charge in [-0.1, -0.05) is 90.5 Å². The number of carbonyl (C=O) groups excluding carboxylic acids is 2. The first-order chi connectivity index (χ1) is 18.0. The van der Waals surface area contributed by atoms with E-state index in [0.29, 0.717) is 12.2 Å². The van der Waals surface area contributed by atoms with E-state index in [9.17, 15) is 9.59 Å². The predicted molar refractivity (Wildman–Crippen MR) is 147 cm³/mol. The van der Waals surface area contributed by atoms with Crippen LogP contribution in [0.25, 0.3) is 0 Å². The smallest absolute Gasteiger partial charge is 0.237 e. The zero-order valence-corrected chi connectivity index (χ0v) is 21.0. The highest BCUT2D eigenvalue weighted by Crippen LogP contribution is 2.45. The van der Waals surface area contributed by atoms with E-state index < -0.39 is 5.92 Å². The second kappa shape index (κ2) is 10.7. The number of β-lactam (4-membered cyclic amide) rings is 1. The highest BCUT2D eigenvalue weighted by molar-refractivity contribution is 6.08. The lowest BCUT2D eigenvalue weighted by Gasteiger charge is -2.47. The van der Waals surface area contributed by atoms with Crippen LogP contribution in [0.1, 0.15) is 38.7 Å². The van der Waals surface area contributed by atoms with E-state index in [4.69, 9.17) is 4.74 Å². The number of ketones is 1. The van der Waals surface area contributed by atoms with Crippen molar-refractivity contribution in [1.29, 1.82) is 0 Å². The fraction of sp³-hybridized carbons (Fsp3) is 0.152. The van der Waals surface area contributed by atoms with Gasteiger partial charge in [0.1, 0.15) is 12.4 Å². The highest BCUT2D eigenvalue weighted by Gasteiger charge is 2.47. The van der Waals surface area contributed by atoms with E-state index >= 15 is 0 Å². The van der Waals surface area contributed by atoms with Crippen molar-refractivity contribution in [3.05, 3.63) is 143 Å². The third kappa shape index (κ3) is 5.24. The second-order valence-electron chi connectivity index (χ2n) is 9.40. The maximum absolute atomic E-state index is 13.4. The van der Waals surface area contributed by atoms with Crippen LogP contribution in [0.3, 0.4) is 0 Å². The molecule has 5 rings (SSSR count). The van der Waals surface area contributed by atoms with E-state index in [2.05, 4.69) is 0 Å². The quantitative estimate of drug-likeness (QED) is 0.152. The van der Waals surface area contributed by atoms with E-state index in [1.54, 1.807) is 12.1 Å². The van der Waals surface area contributed by atoms with Crippen molar-refractivity contribution in [2.45, 2.75) is 26.5 Å². The summed E-state index contributed by atoms with van der Waals surface area (Å²) in [5.41, 5.74) is 5.66. The van der Waals surface area contributed by atoms with Gasteiger partial charge in [-0.15, -0.1) is 0 Å². The largest absolute Gasteiger partial charge is 0.489 e. The van der Waals surface area contributed by atoms with Crippen molar-refractivity contribution in [2.75, 3.05) is 4.90 Å². The predicted octanol–water partition coefficient (Wildman–Crippen LogP) is 7.03. The molecular weight excluding hydrogens is 458 g/mol. The van der Waals surface area contributed by atoms with Crippen LogP contribution in [0, 0.1) is 19.8 Å². The van der Waals surface area contributed by atoms with Crippen LogP contribution >= 0.6 is 0 Å². The molecule has 0 bridgehead atoms. The molecule has 0 aliphatic carbocycles. The zero-order valence-electron chi connectivity index (χ0n) is 21.0. The Bertz CT molecular complexity index is 1440. The van der Waals surface area contributed by atoms with Gasteiger partial charge in [0.25, 0.3) is 0 Å². The molecule has 1 heterocycles. The van der Waals surface area contributed by atoms with Crippen LogP contribution in [0.2, 0.25) is 0 Å². The number of hydrogen-bond acceptors (Lipinski definition) is 3. The van der Waals surface area contributed by atoms with Crippen LogP contribution in [0.5, 0.6) is 5.75 Å². The molecular formula is C33H29NO3. The van der Waals surface area contributed by atoms with Gasteiger partial charge in [0.2, 0.25) is 5.91 Å². The van der Waals surface area contributed by atoms with Gasteiger partial charge in [0, 0.05) is 11.3 Å². The fourth-order valence-corrected chi connectivity index (χ4v) is 4.75. The molecule has 4 aromatic rings. The molecule has 1 amide bonds. The van der Waals surface area contributed by atoms with Crippen molar-refractivity contribution < 1.29 is 14.3 Å². The van der Waals surface area contributed by atoms with Crippen LogP contribution in [-0.4, -0.2) is 11.7 Å². The average molecular weight is 488 g/mol. The summed E-state index contributed by atoms with van der Waals surface area (Å²) in [6.07, 6.45) is 3.29. The van der Waals surface area contributed by atoms with Crippen LogP contribution < -0.4 is 9.64 Å². The lowest BCUT2D eigenvalue weighted by atomic mass is 9.81. The zero-order chi connectivity index (χ0) is 25.8. The average Bonchev–Trinajstić information content (AvgIpc) is 2.92. The van der Waals surface area contributed by atoms with Gasteiger partial charge in [-0.3, -0.25) is 9.59 Å². The summed E-state index contributed by atoms with van der Waals surface area (Å²) >= 11 is 0. The minimum absolute atomic E-state index is 0.0167. The van der Waals surface area contributed by atoms with Crippen molar-refractivity contribution >= 4 is 17.4 Å². The Morgan fingerprint density at radius 1 is 0.865 bits per heavy atom. The number of rotatable bonds is 8. The number of carbonyl (C=O) groups is 2. The van der Waals surface area contributed by atoms with Gasteiger partial charge in [-0.05, 0) is 60.9 Å². The first-order valence-electron chi connectivity index (χ1n) is 12.5. The maximum Gasteiger partial charge on any atom is 0.237 e. The van der Waals surface area contributed by atoms with Crippen molar-refractivity contribution in [3.63, 3.8) is 0 Å². The molecule has 0 N–H and O–H groups in total. The van der Waals surface area contributed by atoms with Crippen LogP contribution in [0.4, 0.5) is 5.69 Å². The minimum atomic E-state index is -0.426. The van der Waals surface area contributed by atoms with Gasteiger partial charge in [-0.2, -0.15) is 0 Å². The summed E-state index contributed by atoms with van der Waals surface area (Å²) in [5, 5.41) is 0. The lowest BCUT2D eigenvalue weighted by molar-refractivity contribution is -0.128. The van der Waals surface area contributed by atoms with Gasteiger partial charge < -0.3 is 9.64 Å². The fourth-order valence-electron chi connectivity index (χ4n) is 4.75. The number of aryl methyl sites for hydroxylation is 2. The topological polar surface area (TPSA) is 46.6 Å². The monoisotopic (exact) mass is 487 g/mol. The Morgan fingerprint density at radius 2 is 1.59 bits per heavy atom. The number of anilines is 1. The SMILES string of the molecule is Cc1cccc(C(=O)/C=C/[C@H]2C(=O)N(c3ccccc3C)[C@@H]2c2ccc(OCc3ccccc3)cc2)c1. The Morgan fingerprint density at radius 3 is 2.32 bits per heavy atom. The van der Waals surface area contributed by atoms with Crippen molar-refractivity contribution in [2.24, 2.45) is 5.92 Å². The summed E-state index contributed by atoms with van der Waals surface area (Å²) in [6, 6.07) is 33.1. The van der Waals surface area contributed by atoms with Gasteiger partial charge >= 0.3 is 0 Å². The molecule has 0 radical (unpaired) electrons. The summed E-state index contributed by atoms with van der Waals surface area (Å²) in [6.45, 7) is 4.45. The van der Waals surface area contributed by atoms with Gasteiger partial charge in [-0.25, -0.2) is 0 Å². The molecule has 4 heteroatoms. The van der Waals surface area contributed by atoms with E-state index in [-0.39, 0.29) is 17.7 Å². The summed E-state index contributed by atoms with van der Waals surface area (Å²) in [5.74, 6) is 0.220. The molecule has 1 saturated heterocycles. The molecule has 2 atom stereocenters. The molecule has 184 valence electrons. The number of amides is 1. The Kier molecular flexibility index (Phi) is 7.00. The first kappa shape index (κ1) is 24.3. The van der Waals surface area contributed by atoms with E-state index in [0.717, 1.165) is 33.7 Å². The summed E-state index contributed by atoms with van der Waals surface area (Å²) in [4.78, 5) is 28.0. The number of para-hydroxylation sites is 1. The number of hydrogen-bond donors (Lipinski definition) is 0. The number of allylic oxidation sites excluding steroid dienone is 1. The molecule has 1 aliphatic heterocycles. The molecule has 1 aliphatic rings. The molecule has 0 unspecified atom stereocenters. The Balaban J connectivity index is 1.39. The molecule has 0 saturated carbocycles. The van der Waals surface area contributed by atoms with Crippen molar-refractivity contribution in [3.8, 4) is 5.75 Å². The maximum atomic E-state index is 13.4. The second-order valence-corrected chi connectivity index (χ2v) is 9.40. The molecule has 0 aromatic heterocycles. The highest BCUT2D eigenvalue weighted by atomic mass is 16.5. The number of benzene rings is 4. The molecule has 4 nitrogen and oxygen atoms in total. The third-order valence-electron chi connectivity index (χ3n) is 6.74. The third-order valence-corrected chi connectivity index (χ3v) is 6.74.